The van der Waals surface area contributed by atoms with Gasteiger partial charge >= 0.3 is 5.56 Å². The minimum atomic E-state index is -0.686. The molecule has 0 aliphatic heterocycles. The van der Waals surface area contributed by atoms with Crippen LogP contribution in [-0.4, -0.2) is 31.8 Å². The summed E-state index contributed by atoms with van der Waals surface area (Å²) in [6.45, 7) is 11.4. The number of carbonyl (C=O) groups excluding carboxylic acids is 1. The molecule has 1 saturated carbocycles. The van der Waals surface area contributed by atoms with Crippen LogP contribution in [0.3, 0.4) is 0 Å². The number of nitrogens with one attached hydrogen (secondary N) is 2. The summed E-state index contributed by atoms with van der Waals surface area (Å²) in [4.78, 5) is 28.7. The summed E-state index contributed by atoms with van der Waals surface area (Å²) in [5, 5.41) is 20.6. The van der Waals surface area contributed by atoms with Crippen LogP contribution in [0.5, 0.6) is 5.75 Å². The van der Waals surface area contributed by atoms with Gasteiger partial charge in [0.05, 0.1) is 6.20 Å². The Morgan fingerprint density at radius 2 is 1.94 bits per heavy atom. The van der Waals surface area contributed by atoms with Crippen LogP contribution in [0.15, 0.2) is 35.5 Å². The standard InChI is InChI=1S/C23H33N5O3/c1-14-10-18(15(2)16(3)23(14,4)5)27-19-12-26-28(22(31)21(19)30)13-20(29)25-11-17-6-8-24-9-7-17/h6-9,12,14-16,18,27,30H,10-11,13H2,1-5H3,(H,25,29)/t14-,15+,16+,18+/m0/s1. The van der Waals surface area contributed by atoms with Crippen LogP contribution in [0.25, 0.3) is 0 Å². The average molecular weight is 428 g/mol. The Morgan fingerprint density at radius 1 is 1.26 bits per heavy atom. The smallest absolute Gasteiger partial charge is 0.311 e. The van der Waals surface area contributed by atoms with Crippen LogP contribution in [0, 0.1) is 23.2 Å². The van der Waals surface area contributed by atoms with E-state index < -0.39 is 11.3 Å². The molecule has 1 fully saturated rings. The van der Waals surface area contributed by atoms with E-state index in [1.165, 1.54) is 6.20 Å². The molecule has 8 nitrogen and oxygen atoms in total. The van der Waals surface area contributed by atoms with Gasteiger partial charge in [0, 0.05) is 25.0 Å². The lowest BCUT2D eigenvalue weighted by molar-refractivity contribution is -0.122. The molecule has 1 amide bonds. The van der Waals surface area contributed by atoms with Crippen molar-refractivity contribution in [1.82, 2.24) is 20.1 Å². The molecule has 8 heteroatoms. The largest absolute Gasteiger partial charge is 0.502 e. The van der Waals surface area contributed by atoms with Crippen LogP contribution in [0.1, 0.15) is 46.6 Å². The normalized spacial score (nSPS) is 25.1. The number of amides is 1. The van der Waals surface area contributed by atoms with E-state index in [9.17, 15) is 14.7 Å². The van der Waals surface area contributed by atoms with Crippen LogP contribution in [0.4, 0.5) is 5.69 Å². The molecule has 0 aromatic carbocycles. The number of rotatable bonds is 6. The van der Waals surface area contributed by atoms with Crippen molar-refractivity contribution < 1.29 is 9.90 Å². The topological polar surface area (TPSA) is 109 Å². The second kappa shape index (κ2) is 9.08. The maximum atomic E-state index is 12.6. The van der Waals surface area contributed by atoms with E-state index in [-0.39, 0.29) is 23.9 Å². The summed E-state index contributed by atoms with van der Waals surface area (Å²) < 4.78 is 0.973. The lowest BCUT2D eigenvalue weighted by Gasteiger charge is -2.50. The van der Waals surface area contributed by atoms with Gasteiger partial charge in [-0.2, -0.15) is 5.10 Å². The molecule has 2 aromatic heterocycles. The van der Waals surface area contributed by atoms with E-state index in [1.54, 1.807) is 24.5 Å². The summed E-state index contributed by atoms with van der Waals surface area (Å²) >= 11 is 0. The van der Waals surface area contributed by atoms with Crippen molar-refractivity contribution in [3.05, 3.63) is 46.6 Å². The Hall–Kier alpha value is -2.90. The predicted molar refractivity (Wildman–Crippen MR) is 120 cm³/mol. The number of aromatic nitrogens is 3. The first-order valence-corrected chi connectivity index (χ1v) is 10.8. The summed E-state index contributed by atoms with van der Waals surface area (Å²) in [5.41, 5.74) is 0.757. The monoisotopic (exact) mass is 427 g/mol. The second-order valence-electron chi connectivity index (χ2n) is 9.36. The molecule has 0 bridgehead atoms. The van der Waals surface area contributed by atoms with Crippen LogP contribution in [-0.2, 0) is 17.9 Å². The zero-order valence-corrected chi connectivity index (χ0v) is 18.9. The Bertz CT molecular complexity index is 973. The average Bonchev–Trinajstić information content (AvgIpc) is 2.75. The molecule has 1 aliphatic rings. The third-order valence-electron chi connectivity index (χ3n) is 7.37. The Kier molecular flexibility index (Phi) is 6.67. The minimum absolute atomic E-state index is 0.129. The second-order valence-corrected chi connectivity index (χ2v) is 9.36. The molecule has 2 aromatic rings. The van der Waals surface area contributed by atoms with Gasteiger partial charge in [-0.25, -0.2) is 4.68 Å². The molecule has 31 heavy (non-hydrogen) atoms. The summed E-state index contributed by atoms with van der Waals surface area (Å²) in [6.07, 6.45) is 5.66. The van der Waals surface area contributed by atoms with Crippen molar-refractivity contribution in [3.8, 4) is 5.75 Å². The molecule has 0 saturated heterocycles. The predicted octanol–water partition coefficient (Wildman–Crippen LogP) is 2.78. The Morgan fingerprint density at radius 3 is 2.61 bits per heavy atom. The van der Waals surface area contributed by atoms with Crippen molar-refractivity contribution in [2.24, 2.45) is 23.2 Å². The van der Waals surface area contributed by atoms with E-state index in [0.717, 1.165) is 16.7 Å². The van der Waals surface area contributed by atoms with Crippen molar-refractivity contribution in [3.63, 3.8) is 0 Å². The van der Waals surface area contributed by atoms with Gasteiger partial charge in [-0.1, -0.05) is 34.6 Å². The van der Waals surface area contributed by atoms with Gasteiger partial charge in [-0.05, 0) is 47.3 Å². The highest BCUT2D eigenvalue weighted by atomic mass is 16.3. The Labute approximate surface area is 183 Å². The number of hydrogen-bond acceptors (Lipinski definition) is 6. The van der Waals surface area contributed by atoms with Crippen molar-refractivity contribution in [2.45, 2.75) is 60.2 Å². The molecular formula is C23H33N5O3. The fourth-order valence-electron chi connectivity index (χ4n) is 4.35. The van der Waals surface area contributed by atoms with E-state index in [0.29, 0.717) is 30.0 Å². The molecule has 0 spiro atoms. The van der Waals surface area contributed by atoms with Crippen LogP contribution in [0.2, 0.25) is 0 Å². The van der Waals surface area contributed by atoms with Gasteiger partial charge in [-0.15, -0.1) is 0 Å². The number of nitrogens with zero attached hydrogens (tertiary/aromatic N) is 3. The van der Waals surface area contributed by atoms with E-state index in [1.807, 2.05) is 0 Å². The Balaban J connectivity index is 1.66. The van der Waals surface area contributed by atoms with Crippen LogP contribution < -0.4 is 16.2 Å². The highest BCUT2D eigenvalue weighted by Crippen LogP contribution is 2.48. The van der Waals surface area contributed by atoms with E-state index in [2.05, 4.69) is 55.3 Å². The molecule has 2 heterocycles. The molecular weight excluding hydrogens is 394 g/mol. The molecule has 4 atom stereocenters. The SMILES string of the molecule is C[C@@H]1[C@@H](C)C(C)(C)[C@@H](C)C[C@H]1Nc1cnn(CC(=O)NCc2ccncc2)c(=O)c1O. The minimum Gasteiger partial charge on any atom is -0.502 e. The first-order valence-electron chi connectivity index (χ1n) is 10.8. The van der Waals surface area contributed by atoms with E-state index >= 15 is 0 Å². The quantitative estimate of drug-likeness (QED) is 0.654. The van der Waals surface area contributed by atoms with Gasteiger partial charge in [-0.3, -0.25) is 14.6 Å². The zero-order valence-electron chi connectivity index (χ0n) is 18.9. The molecule has 3 rings (SSSR count). The lowest BCUT2D eigenvalue weighted by Crippen LogP contribution is -2.48. The summed E-state index contributed by atoms with van der Waals surface area (Å²) in [5.74, 6) is 0.572. The number of carbonyl (C=O) groups is 1. The number of anilines is 1. The highest BCUT2D eigenvalue weighted by molar-refractivity contribution is 5.75. The molecule has 168 valence electrons. The van der Waals surface area contributed by atoms with Gasteiger partial charge < -0.3 is 15.7 Å². The first-order chi connectivity index (χ1) is 14.6. The summed E-state index contributed by atoms with van der Waals surface area (Å²) in [7, 11) is 0. The van der Waals surface area contributed by atoms with Crippen LogP contribution >= 0.6 is 0 Å². The van der Waals surface area contributed by atoms with Gasteiger partial charge in [0.1, 0.15) is 12.2 Å². The fraction of sp³-hybridized carbons (Fsp3) is 0.565. The van der Waals surface area contributed by atoms with Crippen molar-refractivity contribution in [2.75, 3.05) is 5.32 Å². The zero-order chi connectivity index (χ0) is 22.8. The van der Waals surface area contributed by atoms with Gasteiger partial charge in [0.2, 0.25) is 11.7 Å². The highest BCUT2D eigenvalue weighted by Gasteiger charge is 2.43. The number of hydrogen-bond donors (Lipinski definition) is 3. The summed E-state index contributed by atoms with van der Waals surface area (Å²) in [6, 6.07) is 3.72. The number of pyridine rings is 1. The van der Waals surface area contributed by atoms with Gasteiger partial charge in [0.15, 0.2) is 0 Å². The maximum Gasteiger partial charge on any atom is 0.311 e. The molecule has 3 N–H and O–H groups in total. The third kappa shape index (κ3) is 4.89. The maximum absolute atomic E-state index is 12.6. The van der Waals surface area contributed by atoms with E-state index in [4.69, 9.17) is 0 Å². The van der Waals surface area contributed by atoms with Crippen molar-refractivity contribution >= 4 is 11.6 Å². The molecule has 1 aliphatic carbocycles. The lowest BCUT2D eigenvalue weighted by atomic mass is 9.58. The molecule has 0 radical (unpaired) electrons. The molecule has 0 unspecified atom stereocenters. The third-order valence-corrected chi connectivity index (χ3v) is 7.37. The number of aromatic hydroxyl groups is 1. The van der Waals surface area contributed by atoms with Gasteiger partial charge in [0.25, 0.3) is 0 Å². The fourth-order valence-corrected chi connectivity index (χ4v) is 4.35. The van der Waals surface area contributed by atoms with Crippen molar-refractivity contribution in [1.29, 1.82) is 0 Å². The first kappa shape index (κ1) is 22.8.